The van der Waals surface area contributed by atoms with E-state index in [0.717, 1.165) is 0 Å². The zero-order valence-electron chi connectivity index (χ0n) is 9.68. The maximum absolute atomic E-state index is 11.9. The number of ether oxygens (including phenoxy) is 2. The number of benzene rings is 1. The van der Waals surface area contributed by atoms with Crippen molar-refractivity contribution in [2.45, 2.75) is 6.18 Å². The first-order chi connectivity index (χ1) is 8.44. The van der Waals surface area contributed by atoms with Crippen molar-refractivity contribution in [2.24, 2.45) is 0 Å². The van der Waals surface area contributed by atoms with Gasteiger partial charge in [-0.1, -0.05) is 6.07 Å². The minimum absolute atomic E-state index is 0.101. The van der Waals surface area contributed by atoms with Gasteiger partial charge in [0.1, 0.15) is 6.61 Å². The highest BCUT2D eigenvalue weighted by molar-refractivity contribution is 9.10. The smallest absolute Gasteiger partial charge is 0.401 e. The second-order valence-corrected chi connectivity index (χ2v) is 4.27. The van der Waals surface area contributed by atoms with Gasteiger partial charge < -0.3 is 14.8 Å². The molecule has 0 saturated heterocycles. The van der Waals surface area contributed by atoms with Crippen LogP contribution in [0.15, 0.2) is 22.7 Å². The molecule has 0 aliphatic carbocycles. The maximum atomic E-state index is 11.9. The fraction of sp³-hybridized carbons (Fsp3) is 0.455. The van der Waals surface area contributed by atoms with E-state index in [4.69, 9.17) is 9.47 Å². The monoisotopic (exact) mass is 327 g/mol. The zero-order valence-corrected chi connectivity index (χ0v) is 11.3. The Labute approximate surface area is 111 Å². The Morgan fingerprint density at radius 3 is 2.67 bits per heavy atom. The Morgan fingerprint density at radius 1 is 1.33 bits per heavy atom. The van der Waals surface area contributed by atoms with Crippen molar-refractivity contribution in [3.8, 4) is 11.5 Å². The highest BCUT2D eigenvalue weighted by atomic mass is 79.9. The van der Waals surface area contributed by atoms with E-state index in [1.165, 1.54) is 7.11 Å². The van der Waals surface area contributed by atoms with E-state index in [1.54, 1.807) is 18.2 Å². The summed E-state index contributed by atoms with van der Waals surface area (Å²) in [5.74, 6) is 1.01. The molecule has 0 radical (unpaired) electrons. The number of alkyl halides is 3. The Bertz CT molecular complexity index is 385. The number of hydrogen-bond donors (Lipinski definition) is 1. The summed E-state index contributed by atoms with van der Waals surface area (Å²) in [6.45, 7) is -0.803. The summed E-state index contributed by atoms with van der Waals surface area (Å²) in [7, 11) is 1.50. The van der Waals surface area contributed by atoms with E-state index < -0.39 is 12.7 Å². The van der Waals surface area contributed by atoms with Crippen LogP contribution in [0.25, 0.3) is 0 Å². The number of hydrogen-bond acceptors (Lipinski definition) is 3. The number of para-hydroxylation sites is 1. The third-order valence-corrected chi connectivity index (χ3v) is 2.63. The Kier molecular flexibility index (Phi) is 5.74. The molecule has 1 rings (SSSR count). The molecule has 0 saturated carbocycles. The summed E-state index contributed by atoms with van der Waals surface area (Å²) < 4.78 is 46.7. The molecule has 0 bridgehead atoms. The average molecular weight is 328 g/mol. The molecule has 0 aromatic heterocycles. The Balaban J connectivity index is 2.40. The molecular weight excluding hydrogens is 315 g/mol. The van der Waals surface area contributed by atoms with Crippen LogP contribution >= 0.6 is 15.9 Å². The SMILES string of the molecule is COc1cccc(Br)c1OCCNCC(F)(F)F. The molecule has 0 aliphatic heterocycles. The molecule has 1 N–H and O–H groups in total. The second kappa shape index (κ2) is 6.84. The number of halogens is 4. The molecule has 3 nitrogen and oxygen atoms in total. The predicted octanol–water partition coefficient (Wildman–Crippen LogP) is 2.99. The van der Waals surface area contributed by atoms with Crippen molar-refractivity contribution in [1.82, 2.24) is 5.32 Å². The van der Waals surface area contributed by atoms with Crippen LogP contribution < -0.4 is 14.8 Å². The topological polar surface area (TPSA) is 30.5 Å². The summed E-state index contributed by atoms with van der Waals surface area (Å²) in [6.07, 6.45) is -4.20. The van der Waals surface area contributed by atoms with Gasteiger partial charge in [-0.15, -0.1) is 0 Å². The standard InChI is InChI=1S/C11H13BrF3NO2/c1-17-9-4-2-3-8(12)10(9)18-6-5-16-7-11(13,14)15/h2-4,16H,5-7H2,1H3. The molecule has 0 heterocycles. The Morgan fingerprint density at radius 2 is 2.06 bits per heavy atom. The number of nitrogens with one attached hydrogen (secondary N) is 1. The maximum Gasteiger partial charge on any atom is 0.401 e. The van der Waals surface area contributed by atoms with Crippen molar-refractivity contribution in [3.63, 3.8) is 0 Å². The quantitative estimate of drug-likeness (QED) is 0.815. The lowest BCUT2D eigenvalue weighted by molar-refractivity contribution is -0.124. The van der Waals surface area contributed by atoms with Gasteiger partial charge in [-0.25, -0.2) is 0 Å². The first-order valence-corrected chi connectivity index (χ1v) is 5.96. The van der Waals surface area contributed by atoms with Crippen LogP contribution in [-0.4, -0.2) is 33.0 Å². The second-order valence-electron chi connectivity index (χ2n) is 3.41. The first-order valence-electron chi connectivity index (χ1n) is 5.17. The lowest BCUT2D eigenvalue weighted by Gasteiger charge is -2.13. The van der Waals surface area contributed by atoms with Crippen molar-refractivity contribution >= 4 is 15.9 Å². The molecule has 1 aromatic carbocycles. The van der Waals surface area contributed by atoms with Gasteiger partial charge in [0.2, 0.25) is 0 Å². The van der Waals surface area contributed by atoms with Gasteiger partial charge in [-0.2, -0.15) is 13.2 Å². The molecule has 102 valence electrons. The van der Waals surface area contributed by atoms with Gasteiger partial charge in [-0.3, -0.25) is 0 Å². The minimum Gasteiger partial charge on any atom is -0.493 e. The molecule has 1 aromatic rings. The first kappa shape index (κ1) is 15.1. The molecule has 0 atom stereocenters. The molecular formula is C11H13BrF3NO2. The molecule has 0 amide bonds. The summed E-state index contributed by atoms with van der Waals surface area (Å²) in [5.41, 5.74) is 0. The van der Waals surface area contributed by atoms with Crippen molar-refractivity contribution in [3.05, 3.63) is 22.7 Å². The molecule has 7 heteroatoms. The summed E-state index contributed by atoms with van der Waals surface area (Å²) >= 11 is 3.28. The van der Waals surface area contributed by atoms with E-state index >= 15 is 0 Å². The van der Waals surface area contributed by atoms with Crippen molar-refractivity contribution in [2.75, 3.05) is 26.8 Å². The van der Waals surface area contributed by atoms with Gasteiger partial charge in [0.15, 0.2) is 11.5 Å². The largest absolute Gasteiger partial charge is 0.493 e. The molecule has 0 aliphatic rings. The van der Waals surface area contributed by atoms with E-state index in [1.807, 2.05) is 0 Å². The normalized spacial score (nSPS) is 11.4. The van der Waals surface area contributed by atoms with Gasteiger partial charge in [0.25, 0.3) is 0 Å². The average Bonchev–Trinajstić information content (AvgIpc) is 2.29. The molecule has 18 heavy (non-hydrogen) atoms. The van der Waals surface area contributed by atoms with Gasteiger partial charge in [0, 0.05) is 6.54 Å². The van der Waals surface area contributed by atoms with Crippen LogP contribution in [0.1, 0.15) is 0 Å². The summed E-state index contributed by atoms with van der Waals surface area (Å²) in [4.78, 5) is 0. The highest BCUT2D eigenvalue weighted by Gasteiger charge is 2.25. The third kappa shape index (κ3) is 5.14. The molecule has 0 spiro atoms. The Hall–Kier alpha value is -0.950. The minimum atomic E-state index is -4.20. The number of methoxy groups -OCH3 is 1. The fourth-order valence-corrected chi connectivity index (χ4v) is 1.71. The van der Waals surface area contributed by atoms with Crippen LogP contribution in [0.2, 0.25) is 0 Å². The van der Waals surface area contributed by atoms with Crippen molar-refractivity contribution < 1.29 is 22.6 Å². The van der Waals surface area contributed by atoms with Crippen LogP contribution in [0, 0.1) is 0 Å². The summed E-state index contributed by atoms with van der Waals surface area (Å²) in [6, 6.07) is 5.25. The van der Waals surface area contributed by atoms with Gasteiger partial charge in [-0.05, 0) is 28.1 Å². The van der Waals surface area contributed by atoms with Crippen LogP contribution in [0.5, 0.6) is 11.5 Å². The predicted molar refractivity (Wildman–Crippen MR) is 65.1 cm³/mol. The van der Waals surface area contributed by atoms with E-state index in [2.05, 4.69) is 21.2 Å². The van der Waals surface area contributed by atoms with Crippen molar-refractivity contribution in [1.29, 1.82) is 0 Å². The lowest BCUT2D eigenvalue weighted by atomic mass is 10.3. The van der Waals surface area contributed by atoms with Gasteiger partial charge in [0.05, 0.1) is 18.1 Å². The van der Waals surface area contributed by atoms with E-state index in [-0.39, 0.29) is 13.2 Å². The number of rotatable bonds is 6. The van der Waals surface area contributed by atoms with E-state index in [0.29, 0.717) is 16.0 Å². The molecule has 0 fully saturated rings. The third-order valence-electron chi connectivity index (χ3n) is 2.00. The summed E-state index contributed by atoms with van der Waals surface area (Å²) in [5, 5.41) is 2.25. The van der Waals surface area contributed by atoms with Gasteiger partial charge >= 0.3 is 6.18 Å². The molecule has 0 unspecified atom stereocenters. The van der Waals surface area contributed by atoms with Crippen LogP contribution in [0.3, 0.4) is 0 Å². The van der Waals surface area contributed by atoms with Crippen LogP contribution in [-0.2, 0) is 0 Å². The lowest BCUT2D eigenvalue weighted by Crippen LogP contribution is -2.31. The van der Waals surface area contributed by atoms with Crippen LogP contribution in [0.4, 0.5) is 13.2 Å². The highest BCUT2D eigenvalue weighted by Crippen LogP contribution is 2.34. The fourth-order valence-electron chi connectivity index (χ4n) is 1.25. The van der Waals surface area contributed by atoms with E-state index in [9.17, 15) is 13.2 Å². The zero-order chi connectivity index (χ0) is 13.6.